The van der Waals surface area contributed by atoms with Crippen LogP contribution < -0.4 is 21.7 Å². The summed E-state index contributed by atoms with van der Waals surface area (Å²) in [6.07, 6.45) is 1.91. The van der Waals surface area contributed by atoms with Crippen LogP contribution in [0.1, 0.15) is 49.0 Å². The Balaban J connectivity index is 2.75. The smallest absolute Gasteiger partial charge is 0.328 e. The maximum Gasteiger partial charge on any atom is 0.328 e. The second-order valence-electron chi connectivity index (χ2n) is 8.12. The van der Waals surface area contributed by atoms with Crippen LogP contribution in [0.4, 0.5) is 0 Å². The second-order valence-corrected chi connectivity index (χ2v) is 8.12. The minimum absolute atomic E-state index is 0.0392. The lowest BCUT2D eigenvalue weighted by atomic mass is 10.0. The van der Waals surface area contributed by atoms with E-state index in [1.807, 2.05) is 13.8 Å². The van der Waals surface area contributed by atoms with Gasteiger partial charge in [-0.2, -0.15) is 0 Å². The van der Waals surface area contributed by atoms with Crippen molar-refractivity contribution in [1.82, 2.24) is 16.0 Å². The van der Waals surface area contributed by atoms with Crippen molar-refractivity contribution in [3.8, 4) is 0 Å². The van der Waals surface area contributed by atoms with Gasteiger partial charge in [0.25, 0.3) is 5.91 Å². The normalized spacial score (nSPS) is 12.5. The fraction of sp³-hybridized carbons (Fsp3) is 0.391. The van der Waals surface area contributed by atoms with Gasteiger partial charge in [-0.15, -0.1) is 0 Å². The lowest BCUT2D eigenvalue weighted by Crippen LogP contribution is -2.54. The van der Waals surface area contributed by atoms with Crippen molar-refractivity contribution in [2.45, 2.75) is 45.2 Å². The topological polar surface area (TPSA) is 205 Å². The molecule has 1 aromatic carbocycles. The Bertz CT molecular complexity index is 972. The number of hydrogen-bond donors (Lipinski definition) is 6. The molecule has 7 N–H and O–H groups in total. The predicted octanol–water partition coefficient (Wildman–Crippen LogP) is -0.120. The Morgan fingerprint density at radius 3 is 2.11 bits per heavy atom. The first-order chi connectivity index (χ1) is 16.4. The number of hydrogen-bond acceptors (Lipinski definition) is 6. The molecule has 4 amide bonds. The maximum atomic E-state index is 12.6. The van der Waals surface area contributed by atoms with Gasteiger partial charge in [-0.3, -0.25) is 24.0 Å². The van der Waals surface area contributed by atoms with Crippen molar-refractivity contribution in [2.75, 3.05) is 6.54 Å². The largest absolute Gasteiger partial charge is 0.481 e. The van der Waals surface area contributed by atoms with Crippen LogP contribution in [0.25, 0.3) is 6.08 Å². The van der Waals surface area contributed by atoms with E-state index in [9.17, 15) is 28.8 Å². The quantitative estimate of drug-likeness (QED) is 0.193. The van der Waals surface area contributed by atoms with Gasteiger partial charge < -0.3 is 31.9 Å². The zero-order chi connectivity index (χ0) is 26.5. The zero-order valence-electron chi connectivity index (χ0n) is 19.4. The highest BCUT2D eigenvalue weighted by Crippen LogP contribution is 2.07. The summed E-state index contributed by atoms with van der Waals surface area (Å²) in [7, 11) is 0. The van der Waals surface area contributed by atoms with Gasteiger partial charge in [-0.05, 0) is 42.5 Å². The summed E-state index contributed by atoms with van der Waals surface area (Å²) < 4.78 is 0. The summed E-state index contributed by atoms with van der Waals surface area (Å²) in [5, 5.41) is 24.8. The van der Waals surface area contributed by atoms with Crippen LogP contribution in [0.2, 0.25) is 0 Å². The number of amides is 4. The standard InChI is InChI=1S/C23H30N4O8/c1-13(2)11-17(21(24)33)27-23(35)16(8-10-20(31)32)26-18(28)12-25-22(34)15-6-3-14(4-7-15)5-9-19(29)30/h3-7,9,13,16-17H,8,10-12H2,1-2H3,(H2,24,33)(H,25,34)(H,26,28)(H,27,35)(H,29,30)(H,31,32)/b9-5+. The molecule has 12 heteroatoms. The molecule has 12 nitrogen and oxygen atoms in total. The molecule has 0 saturated carbocycles. The predicted molar refractivity (Wildman–Crippen MR) is 125 cm³/mol. The number of nitrogens with one attached hydrogen (secondary N) is 3. The molecular weight excluding hydrogens is 460 g/mol. The number of carboxylic acids is 2. The fourth-order valence-corrected chi connectivity index (χ4v) is 2.95. The van der Waals surface area contributed by atoms with E-state index in [-0.39, 0.29) is 24.3 Å². The minimum atomic E-state index is -1.26. The molecule has 2 unspecified atom stereocenters. The molecule has 1 rings (SSSR count). The van der Waals surface area contributed by atoms with Gasteiger partial charge in [0.1, 0.15) is 12.1 Å². The molecule has 35 heavy (non-hydrogen) atoms. The van der Waals surface area contributed by atoms with E-state index in [4.69, 9.17) is 15.9 Å². The highest BCUT2D eigenvalue weighted by Gasteiger charge is 2.26. The Kier molecular flexibility index (Phi) is 11.6. The molecule has 0 saturated heterocycles. The van der Waals surface area contributed by atoms with Crippen molar-refractivity contribution in [3.05, 3.63) is 41.5 Å². The lowest BCUT2D eigenvalue weighted by molar-refractivity contribution is -0.138. The third kappa shape index (κ3) is 11.5. The average Bonchev–Trinajstić information content (AvgIpc) is 2.78. The van der Waals surface area contributed by atoms with Crippen LogP contribution in [0.5, 0.6) is 0 Å². The van der Waals surface area contributed by atoms with Gasteiger partial charge in [0.15, 0.2) is 0 Å². The van der Waals surface area contributed by atoms with Crippen LogP contribution in [0.15, 0.2) is 30.3 Å². The number of carbonyl (C=O) groups is 6. The Labute approximate surface area is 201 Å². The molecule has 1 aromatic rings. The molecule has 2 atom stereocenters. The SMILES string of the molecule is CC(C)CC(NC(=O)C(CCC(=O)O)NC(=O)CNC(=O)c1ccc(/C=C/C(=O)O)cc1)C(N)=O. The maximum absolute atomic E-state index is 12.6. The van der Waals surface area contributed by atoms with Gasteiger partial charge in [0.2, 0.25) is 17.7 Å². The Hall–Kier alpha value is -4.22. The van der Waals surface area contributed by atoms with E-state index >= 15 is 0 Å². The van der Waals surface area contributed by atoms with Crippen LogP contribution in [-0.2, 0) is 24.0 Å². The first-order valence-corrected chi connectivity index (χ1v) is 10.8. The first-order valence-electron chi connectivity index (χ1n) is 10.8. The highest BCUT2D eigenvalue weighted by molar-refractivity contribution is 5.97. The average molecular weight is 491 g/mol. The Morgan fingerprint density at radius 2 is 1.60 bits per heavy atom. The number of benzene rings is 1. The van der Waals surface area contributed by atoms with Crippen molar-refractivity contribution >= 4 is 41.6 Å². The van der Waals surface area contributed by atoms with Crippen LogP contribution in [0, 0.1) is 5.92 Å². The van der Waals surface area contributed by atoms with E-state index < -0.39 is 60.6 Å². The van der Waals surface area contributed by atoms with Crippen molar-refractivity contribution < 1.29 is 39.0 Å². The summed E-state index contributed by atoms with van der Waals surface area (Å²) in [6, 6.07) is 3.68. The van der Waals surface area contributed by atoms with Gasteiger partial charge in [0.05, 0.1) is 6.54 Å². The number of aliphatic carboxylic acids is 2. The molecule has 0 radical (unpaired) electrons. The Morgan fingerprint density at radius 1 is 0.971 bits per heavy atom. The molecule has 0 aliphatic heterocycles. The van der Waals surface area contributed by atoms with Gasteiger partial charge in [-0.1, -0.05) is 26.0 Å². The first kappa shape index (κ1) is 28.8. The summed E-state index contributed by atoms with van der Waals surface area (Å²) in [6.45, 7) is 3.16. The lowest BCUT2D eigenvalue weighted by Gasteiger charge is -2.22. The minimum Gasteiger partial charge on any atom is -0.481 e. The molecule has 0 aliphatic rings. The van der Waals surface area contributed by atoms with Crippen LogP contribution in [0.3, 0.4) is 0 Å². The zero-order valence-corrected chi connectivity index (χ0v) is 19.4. The number of carbonyl (C=O) groups excluding carboxylic acids is 4. The highest BCUT2D eigenvalue weighted by atomic mass is 16.4. The van der Waals surface area contributed by atoms with Gasteiger partial charge in [0, 0.05) is 18.1 Å². The van der Waals surface area contributed by atoms with Crippen molar-refractivity contribution in [1.29, 1.82) is 0 Å². The van der Waals surface area contributed by atoms with E-state index in [1.165, 1.54) is 30.3 Å². The molecule has 0 spiro atoms. The molecule has 0 aromatic heterocycles. The molecule has 0 fully saturated rings. The molecule has 0 bridgehead atoms. The summed E-state index contributed by atoms with van der Waals surface area (Å²) in [5.74, 6) is -5.11. The number of primary amides is 1. The molecule has 0 heterocycles. The third-order valence-electron chi connectivity index (χ3n) is 4.67. The van der Waals surface area contributed by atoms with E-state index in [0.717, 1.165) is 6.08 Å². The van der Waals surface area contributed by atoms with Crippen LogP contribution in [-0.4, -0.2) is 64.4 Å². The summed E-state index contributed by atoms with van der Waals surface area (Å²) in [4.78, 5) is 70.4. The fourth-order valence-electron chi connectivity index (χ4n) is 2.95. The number of carboxylic acid groups (broad SMARTS) is 2. The van der Waals surface area contributed by atoms with Crippen molar-refractivity contribution in [2.24, 2.45) is 11.7 Å². The second kappa shape index (κ2) is 14.1. The third-order valence-corrected chi connectivity index (χ3v) is 4.67. The van der Waals surface area contributed by atoms with Crippen molar-refractivity contribution in [3.63, 3.8) is 0 Å². The number of nitrogens with two attached hydrogens (primary N) is 1. The molecule has 190 valence electrons. The van der Waals surface area contributed by atoms with E-state index in [1.54, 1.807) is 0 Å². The summed E-state index contributed by atoms with van der Waals surface area (Å²) in [5.41, 5.74) is 6.09. The monoisotopic (exact) mass is 490 g/mol. The van der Waals surface area contributed by atoms with E-state index in [2.05, 4.69) is 16.0 Å². The number of rotatable bonds is 14. The van der Waals surface area contributed by atoms with Gasteiger partial charge in [-0.25, -0.2) is 4.79 Å². The van der Waals surface area contributed by atoms with Gasteiger partial charge >= 0.3 is 11.9 Å². The van der Waals surface area contributed by atoms with Crippen LogP contribution >= 0.6 is 0 Å². The van der Waals surface area contributed by atoms with E-state index in [0.29, 0.717) is 5.56 Å². The summed E-state index contributed by atoms with van der Waals surface area (Å²) >= 11 is 0. The molecular formula is C23H30N4O8. The molecule has 0 aliphatic carbocycles.